The van der Waals surface area contributed by atoms with Gasteiger partial charge in [-0.15, -0.1) is 0 Å². The topological polar surface area (TPSA) is 33.0 Å². The highest BCUT2D eigenvalue weighted by Crippen LogP contribution is 2.33. The third-order valence-corrected chi connectivity index (χ3v) is 3.34. The number of nitriles is 1. The summed E-state index contributed by atoms with van der Waals surface area (Å²) in [6.07, 6.45) is 0.294. The van der Waals surface area contributed by atoms with Crippen LogP contribution in [0.25, 0.3) is 11.1 Å². The maximum atomic E-state index is 8.84. The summed E-state index contributed by atoms with van der Waals surface area (Å²) in [6.45, 7) is 0. The van der Waals surface area contributed by atoms with E-state index >= 15 is 0 Å². The van der Waals surface area contributed by atoms with E-state index in [-0.39, 0.29) is 0 Å². The first kappa shape index (κ1) is 13.7. The largest absolute Gasteiger partial charge is 0.496 e. The smallest absolute Gasteiger partial charge is 0.123 e. The Kier molecular flexibility index (Phi) is 4.31. The van der Waals surface area contributed by atoms with Crippen molar-refractivity contribution in [2.45, 2.75) is 6.42 Å². The summed E-state index contributed by atoms with van der Waals surface area (Å²) in [5.41, 5.74) is 2.66. The van der Waals surface area contributed by atoms with Gasteiger partial charge >= 0.3 is 0 Å². The van der Waals surface area contributed by atoms with Crippen LogP contribution in [0.15, 0.2) is 36.4 Å². The van der Waals surface area contributed by atoms with Gasteiger partial charge < -0.3 is 4.74 Å². The van der Waals surface area contributed by atoms with Crippen molar-refractivity contribution < 1.29 is 4.74 Å². The fraction of sp³-hybridized carbons (Fsp3) is 0.133. The number of halogens is 2. The zero-order valence-electron chi connectivity index (χ0n) is 10.3. The van der Waals surface area contributed by atoms with E-state index in [9.17, 15) is 0 Å². The van der Waals surface area contributed by atoms with Crippen molar-refractivity contribution >= 4 is 23.2 Å². The standard InChI is InChI=1S/C15H11Cl2NO/c1-19-15-5-2-10(8-11(15)6-7-18)13-4-3-12(16)9-14(13)17/h2-5,8-9H,6H2,1H3. The number of ether oxygens (including phenoxy) is 1. The van der Waals surface area contributed by atoms with Crippen LogP contribution in [0.4, 0.5) is 0 Å². The number of hydrogen-bond acceptors (Lipinski definition) is 2. The van der Waals surface area contributed by atoms with Crippen molar-refractivity contribution in [2.24, 2.45) is 0 Å². The van der Waals surface area contributed by atoms with Gasteiger partial charge in [0.25, 0.3) is 0 Å². The first-order valence-corrected chi connectivity index (χ1v) is 6.40. The highest BCUT2D eigenvalue weighted by Gasteiger charge is 2.08. The van der Waals surface area contributed by atoms with E-state index in [1.807, 2.05) is 24.3 Å². The molecular formula is C15H11Cl2NO. The van der Waals surface area contributed by atoms with Gasteiger partial charge in [0.05, 0.1) is 19.6 Å². The van der Waals surface area contributed by atoms with Crippen LogP contribution >= 0.6 is 23.2 Å². The molecule has 0 heterocycles. The summed E-state index contributed by atoms with van der Waals surface area (Å²) >= 11 is 12.1. The molecule has 2 aromatic carbocycles. The van der Waals surface area contributed by atoms with Gasteiger partial charge in [0, 0.05) is 21.2 Å². The molecule has 96 valence electrons. The summed E-state index contributed by atoms with van der Waals surface area (Å²) < 4.78 is 5.23. The van der Waals surface area contributed by atoms with Crippen molar-refractivity contribution in [3.63, 3.8) is 0 Å². The molecule has 0 fully saturated rings. The SMILES string of the molecule is COc1ccc(-c2ccc(Cl)cc2Cl)cc1CC#N. The minimum atomic E-state index is 0.294. The van der Waals surface area contributed by atoms with Gasteiger partial charge in [-0.2, -0.15) is 5.26 Å². The Balaban J connectivity index is 2.51. The summed E-state index contributed by atoms with van der Waals surface area (Å²) in [6, 6.07) is 13.1. The Bertz CT molecular complexity index is 647. The minimum Gasteiger partial charge on any atom is -0.496 e. The van der Waals surface area contributed by atoms with E-state index in [4.69, 9.17) is 33.2 Å². The van der Waals surface area contributed by atoms with E-state index < -0.39 is 0 Å². The van der Waals surface area contributed by atoms with Gasteiger partial charge in [-0.1, -0.05) is 35.3 Å². The maximum absolute atomic E-state index is 8.84. The van der Waals surface area contributed by atoms with E-state index in [1.165, 1.54) is 0 Å². The van der Waals surface area contributed by atoms with E-state index in [1.54, 1.807) is 19.2 Å². The van der Waals surface area contributed by atoms with Crippen molar-refractivity contribution in [3.8, 4) is 22.9 Å². The number of hydrogen-bond donors (Lipinski definition) is 0. The molecule has 0 aliphatic rings. The van der Waals surface area contributed by atoms with Gasteiger partial charge in [0.2, 0.25) is 0 Å². The second-order valence-electron chi connectivity index (χ2n) is 3.99. The lowest BCUT2D eigenvalue weighted by atomic mass is 10.0. The summed E-state index contributed by atoms with van der Waals surface area (Å²) in [5, 5.41) is 10.0. The molecule has 19 heavy (non-hydrogen) atoms. The zero-order chi connectivity index (χ0) is 13.8. The minimum absolute atomic E-state index is 0.294. The average molecular weight is 292 g/mol. The second kappa shape index (κ2) is 5.97. The molecule has 4 heteroatoms. The van der Waals surface area contributed by atoms with Crippen molar-refractivity contribution in [3.05, 3.63) is 52.0 Å². The number of rotatable bonds is 3. The lowest BCUT2D eigenvalue weighted by Gasteiger charge is -2.10. The molecular weight excluding hydrogens is 281 g/mol. The van der Waals surface area contributed by atoms with Gasteiger partial charge in [-0.05, 0) is 29.8 Å². The molecule has 0 amide bonds. The molecule has 0 unspecified atom stereocenters. The molecule has 0 bridgehead atoms. The van der Waals surface area contributed by atoms with Gasteiger partial charge in [0.15, 0.2) is 0 Å². The monoisotopic (exact) mass is 291 g/mol. The van der Waals surface area contributed by atoms with Crippen molar-refractivity contribution in [2.75, 3.05) is 7.11 Å². The first-order valence-electron chi connectivity index (χ1n) is 5.65. The number of benzene rings is 2. The lowest BCUT2D eigenvalue weighted by molar-refractivity contribution is 0.411. The fourth-order valence-corrected chi connectivity index (χ4v) is 2.41. The molecule has 0 N–H and O–H groups in total. The highest BCUT2D eigenvalue weighted by molar-refractivity contribution is 6.36. The van der Waals surface area contributed by atoms with Gasteiger partial charge in [0.1, 0.15) is 5.75 Å². The molecule has 0 saturated carbocycles. The van der Waals surface area contributed by atoms with Gasteiger partial charge in [-0.25, -0.2) is 0 Å². The Morgan fingerprint density at radius 1 is 1.16 bits per heavy atom. The first-order chi connectivity index (χ1) is 9.15. The summed E-state index contributed by atoms with van der Waals surface area (Å²) in [7, 11) is 1.59. The molecule has 2 nitrogen and oxygen atoms in total. The van der Waals surface area contributed by atoms with Crippen LogP contribution in [0, 0.1) is 11.3 Å². The fourth-order valence-electron chi connectivity index (χ4n) is 1.89. The van der Waals surface area contributed by atoms with Crippen LogP contribution in [-0.4, -0.2) is 7.11 Å². The normalized spacial score (nSPS) is 10.0. The average Bonchev–Trinajstić information content (AvgIpc) is 2.39. The quantitative estimate of drug-likeness (QED) is 0.819. The van der Waals surface area contributed by atoms with Crippen LogP contribution in [0.1, 0.15) is 5.56 Å². The molecule has 0 saturated heterocycles. The van der Waals surface area contributed by atoms with Crippen molar-refractivity contribution in [1.29, 1.82) is 5.26 Å². The Morgan fingerprint density at radius 2 is 1.95 bits per heavy atom. The number of nitrogens with zero attached hydrogens (tertiary/aromatic N) is 1. The molecule has 0 atom stereocenters. The second-order valence-corrected chi connectivity index (χ2v) is 4.83. The van der Waals surface area contributed by atoms with E-state index in [0.717, 1.165) is 16.7 Å². The molecule has 0 aromatic heterocycles. The molecule has 0 aliphatic carbocycles. The molecule has 0 radical (unpaired) electrons. The predicted molar refractivity (Wildman–Crippen MR) is 77.8 cm³/mol. The Hall–Kier alpha value is -1.69. The Morgan fingerprint density at radius 3 is 2.58 bits per heavy atom. The van der Waals surface area contributed by atoms with Crippen molar-refractivity contribution in [1.82, 2.24) is 0 Å². The Labute approximate surface area is 122 Å². The van der Waals surface area contributed by atoms with Crippen LogP contribution in [0.3, 0.4) is 0 Å². The predicted octanol–water partition coefficient (Wildman–Crippen LogP) is 4.74. The zero-order valence-corrected chi connectivity index (χ0v) is 11.8. The number of methoxy groups -OCH3 is 1. The molecule has 2 rings (SSSR count). The molecule has 2 aromatic rings. The van der Waals surface area contributed by atoms with Crippen LogP contribution in [0.5, 0.6) is 5.75 Å². The third-order valence-electron chi connectivity index (χ3n) is 2.79. The third kappa shape index (κ3) is 3.01. The lowest BCUT2D eigenvalue weighted by Crippen LogP contribution is -1.92. The van der Waals surface area contributed by atoms with Crippen LogP contribution in [-0.2, 0) is 6.42 Å². The van der Waals surface area contributed by atoms with Gasteiger partial charge in [-0.3, -0.25) is 0 Å². The van der Waals surface area contributed by atoms with E-state index in [0.29, 0.717) is 22.2 Å². The highest BCUT2D eigenvalue weighted by atomic mass is 35.5. The molecule has 0 spiro atoms. The van der Waals surface area contributed by atoms with Crippen LogP contribution in [0.2, 0.25) is 10.0 Å². The van der Waals surface area contributed by atoms with Crippen LogP contribution < -0.4 is 4.74 Å². The van der Waals surface area contributed by atoms with E-state index in [2.05, 4.69) is 6.07 Å². The summed E-state index contributed by atoms with van der Waals surface area (Å²) in [4.78, 5) is 0. The maximum Gasteiger partial charge on any atom is 0.123 e. The molecule has 0 aliphatic heterocycles. The summed E-state index contributed by atoms with van der Waals surface area (Å²) in [5.74, 6) is 0.704.